The molecule has 0 unspecified atom stereocenters. The van der Waals surface area contributed by atoms with E-state index in [4.69, 9.17) is 4.74 Å². The van der Waals surface area contributed by atoms with Crippen LogP contribution in [0.3, 0.4) is 0 Å². The molecule has 3 aromatic rings. The van der Waals surface area contributed by atoms with Gasteiger partial charge < -0.3 is 15.4 Å². The van der Waals surface area contributed by atoms with E-state index in [2.05, 4.69) is 15.6 Å². The maximum atomic E-state index is 12.4. The zero-order chi connectivity index (χ0) is 18.5. The number of aromatic nitrogens is 1. The first-order chi connectivity index (χ1) is 12.5. The Morgan fingerprint density at radius 1 is 0.962 bits per heavy atom. The summed E-state index contributed by atoms with van der Waals surface area (Å²) in [5, 5.41) is 6.07. The van der Waals surface area contributed by atoms with Crippen LogP contribution in [0, 0.1) is 13.8 Å². The minimum atomic E-state index is -0.150. The van der Waals surface area contributed by atoms with E-state index in [1.54, 1.807) is 13.3 Å². The summed E-state index contributed by atoms with van der Waals surface area (Å²) in [4.78, 5) is 16.7. The van der Waals surface area contributed by atoms with Crippen LogP contribution in [0.15, 0.2) is 60.8 Å². The lowest BCUT2D eigenvalue weighted by molar-refractivity contribution is 0.102. The number of nitrogens with one attached hydrogen (secondary N) is 2. The molecule has 0 atom stereocenters. The number of anilines is 3. The molecule has 0 radical (unpaired) electrons. The van der Waals surface area contributed by atoms with Gasteiger partial charge in [0, 0.05) is 17.3 Å². The standard InChI is InChI=1S/C21H21N3O2/c1-14-7-8-16(11-15(14)2)21(25)24-18-9-10-20(22-13-18)23-17-5-4-6-19(12-17)26-3/h4-13H,1-3H3,(H,22,23)(H,24,25). The molecule has 26 heavy (non-hydrogen) atoms. The van der Waals surface area contributed by atoms with Crippen molar-refractivity contribution in [1.82, 2.24) is 4.98 Å². The van der Waals surface area contributed by atoms with Crippen molar-refractivity contribution >= 4 is 23.1 Å². The summed E-state index contributed by atoms with van der Waals surface area (Å²) in [7, 11) is 1.63. The molecule has 0 fully saturated rings. The first-order valence-corrected chi connectivity index (χ1v) is 8.31. The van der Waals surface area contributed by atoms with Gasteiger partial charge in [-0.25, -0.2) is 4.98 Å². The zero-order valence-corrected chi connectivity index (χ0v) is 15.0. The summed E-state index contributed by atoms with van der Waals surface area (Å²) >= 11 is 0. The molecule has 0 saturated carbocycles. The number of nitrogens with zero attached hydrogens (tertiary/aromatic N) is 1. The molecule has 5 nitrogen and oxygen atoms in total. The van der Waals surface area contributed by atoms with Crippen molar-refractivity contribution in [3.63, 3.8) is 0 Å². The molecule has 5 heteroatoms. The lowest BCUT2D eigenvalue weighted by Gasteiger charge is -2.09. The van der Waals surface area contributed by atoms with Crippen LogP contribution in [-0.4, -0.2) is 18.0 Å². The van der Waals surface area contributed by atoms with Crippen LogP contribution in [0.2, 0.25) is 0 Å². The highest BCUT2D eigenvalue weighted by molar-refractivity contribution is 6.04. The van der Waals surface area contributed by atoms with Crippen molar-refractivity contribution < 1.29 is 9.53 Å². The molecular weight excluding hydrogens is 326 g/mol. The van der Waals surface area contributed by atoms with Crippen LogP contribution in [-0.2, 0) is 0 Å². The van der Waals surface area contributed by atoms with Crippen LogP contribution in [0.4, 0.5) is 17.2 Å². The van der Waals surface area contributed by atoms with E-state index >= 15 is 0 Å². The molecule has 0 saturated heterocycles. The van der Waals surface area contributed by atoms with Crippen LogP contribution in [0.25, 0.3) is 0 Å². The van der Waals surface area contributed by atoms with Gasteiger partial charge in [-0.2, -0.15) is 0 Å². The third-order valence-corrected chi connectivity index (χ3v) is 4.13. The smallest absolute Gasteiger partial charge is 0.255 e. The Labute approximate surface area is 153 Å². The second kappa shape index (κ2) is 7.70. The highest BCUT2D eigenvalue weighted by Crippen LogP contribution is 2.21. The van der Waals surface area contributed by atoms with Gasteiger partial charge in [-0.05, 0) is 61.4 Å². The third kappa shape index (κ3) is 4.19. The predicted octanol–water partition coefficient (Wildman–Crippen LogP) is 4.70. The van der Waals surface area contributed by atoms with Gasteiger partial charge in [-0.3, -0.25) is 4.79 Å². The first kappa shape index (κ1) is 17.5. The molecule has 3 rings (SSSR count). The van der Waals surface area contributed by atoms with Crippen LogP contribution < -0.4 is 15.4 Å². The number of ether oxygens (including phenoxy) is 1. The lowest BCUT2D eigenvalue weighted by Crippen LogP contribution is -2.12. The fraction of sp³-hybridized carbons (Fsp3) is 0.143. The maximum absolute atomic E-state index is 12.4. The van der Waals surface area contributed by atoms with Gasteiger partial charge >= 0.3 is 0 Å². The Balaban J connectivity index is 1.67. The van der Waals surface area contributed by atoms with Gasteiger partial charge in [-0.15, -0.1) is 0 Å². The fourth-order valence-corrected chi connectivity index (χ4v) is 2.48. The van der Waals surface area contributed by atoms with Gasteiger partial charge in [-0.1, -0.05) is 12.1 Å². The molecular formula is C21H21N3O2. The highest BCUT2D eigenvalue weighted by Gasteiger charge is 2.07. The van der Waals surface area contributed by atoms with Crippen molar-refractivity contribution in [2.45, 2.75) is 13.8 Å². The van der Waals surface area contributed by atoms with E-state index in [0.717, 1.165) is 22.6 Å². The quantitative estimate of drug-likeness (QED) is 0.702. The molecule has 0 aliphatic carbocycles. The Morgan fingerprint density at radius 3 is 2.50 bits per heavy atom. The molecule has 132 valence electrons. The topological polar surface area (TPSA) is 63.2 Å². The van der Waals surface area contributed by atoms with Crippen molar-refractivity contribution in [3.8, 4) is 5.75 Å². The van der Waals surface area contributed by atoms with Gasteiger partial charge in [0.2, 0.25) is 0 Å². The van der Waals surface area contributed by atoms with E-state index in [1.807, 2.05) is 68.4 Å². The number of carbonyl (C=O) groups excluding carboxylic acids is 1. The number of methoxy groups -OCH3 is 1. The van der Waals surface area contributed by atoms with E-state index in [9.17, 15) is 4.79 Å². The number of benzene rings is 2. The van der Waals surface area contributed by atoms with Crippen LogP contribution >= 0.6 is 0 Å². The summed E-state index contributed by atoms with van der Waals surface area (Å²) in [6, 6.07) is 16.9. The summed E-state index contributed by atoms with van der Waals surface area (Å²) in [6.07, 6.45) is 1.63. The summed E-state index contributed by atoms with van der Waals surface area (Å²) in [5.74, 6) is 1.30. The number of hydrogen-bond acceptors (Lipinski definition) is 4. The van der Waals surface area contributed by atoms with Crippen molar-refractivity contribution in [1.29, 1.82) is 0 Å². The SMILES string of the molecule is COc1cccc(Nc2ccc(NC(=O)c3ccc(C)c(C)c3)cn2)c1. The van der Waals surface area contributed by atoms with E-state index in [1.165, 1.54) is 0 Å². The predicted molar refractivity (Wildman–Crippen MR) is 104 cm³/mol. The normalized spacial score (nSPS) is 10.3. The Bertz CT molecular complexity index is 921. The maximum Gasteiger partial charge on any atom is 0.255 e. The second-order valence-electron chi connectivity index (χ2n) is 6.04. The average Bonchev–Trinajstić information content (AvgIpc) is 2.65. The number of aryl methyl sites for hydroxylation is 2. The third-order valence-electron chi connectivity index (χ3n) is 4.13. The minimum Gasteiger partial charge on any atom is -0.497 e. The minimum absolute atomic E-state index is 0.150. The van der Waals surface area contributed by atoms with Gasteiger partial charge in [0.1, 0.15) is 11.6 Å². The van der Waals surface area contributed by atoms with E-state index < -0.39 is 0 Å². The average molecular weight is 347 g/mol. The molecule has 0 spiro atoms. The monoisotopic (exact) mass is 347 g/mol. The molecule has 1 amide bonds. The molecule has 2 aromatic carbocycles. The number of pyridine rings is 1. The number of rotatable bonds is 5. The molecule has 0 bridgehead atoms. The van der Waals surface area contributed by atoms with Gasteiger partial charge in [0.25, 0.3) is 5.91 Å². The number of hydrogen-bond donors (Lipinski definition) is 2. The summed E-state index contributed by atoms with van der Waals surface area (Å²) in [6.45, 7) is 4.02. The molecule has 0 aliphatic heterocycles. The number of carbonyl (C=O) groups is 1. The van der Waals surface area contributed by atoms with E-state index in [-0.39, 0.29) is 5.91 Å². The summed E-state index contributed by atoms with van der Waals surface area (Å²) < 4.78 is 5.21. The van der Waals surface area contributed by atoms with E-state index in [0.29, 0.717) is 17.1 Å². The largest absolute Gasteiger partial charge is 0.497 e. The first-order valence-electron chi connectivity index (χ1n) is 8.31. The van der Waals surface area contributed by atoms with Crippen LogP contribution in [0.5, 0.6) is 5.75 Å². The Hall–Kier alpha value is -3.34. The Morgan fingerprint density at radius 2 is 1.81 bits per heavy atom. The van der Waals surface area contributed by atoms with Crippen molar-refractivity contribution in [3.05, 3.63) is 77.5 Å². The lowest BCUT2D eigenvalue weighted by atomic mass is 10.1. The number of amides is 1. The summed E-state index contributed by atoms with van der Waals surface area (Å²) in [5.41, 5.74) is 4.41. The molecule has 0 aliphatic rings. The van der Waals surface area contributed by atoms with Gasteiger partial charge in [0.05, 0.1) is 19.0 Å². The fourth-order valence-electron chi connectivity index (χ4n) is 2.48. The zero-order valence-electron chi connectivity index (χ0n) is 15.0. The molecule has 1 aromatic heterocycles. The second-order valence-corrected chi connectivity index (χ2v) is 6.04. The van der Waals surface area contributed by atoms with Crippen LogP contribution in [0.1, 0.15) is 21.5 Å². The van der Waals surface area contributed by atoms with Crippen molar-refractivity contribution in [2.75, 3.05) is 17.7 Å². The molecule has 1 heterocycles. The molecule has 2 N–H and O–H groups in total. The highest BCUT2D eigenvalue weighted by atomic mass is 16.5. The van der Waals surface area contributed by atoms with Crippen molar-refractivity contribution in [2.24, 2.45) is 0 Å². The Kier molecular flexibility index (Phi) is 5.17. The van der Waals surface area contributed by atoms with Gasteiger partial charge in [0.15, 0.2) is 0 Å².